The molecule has 0 saturated carbocycles. The summed E-state index contributed by atoms with van der Waals surface area (Å²) in [6.07, 6.45) is 1.64. The molecule has 0 heterocycles. The Labute approximate surface area is 201 Å². The van der Waals surface area contributed by atoms with Crippen molar-refractivity contribution >= 4 is 12.0 Å². The van der Waals surface area contributed by atoms with Crippen molar-refractivity contribution in [2.45, 2.75) is 6.92 Å². The molecular formula is C29H21F3O3. The summed E-state index contributed by atoms with van der Waals surface area (Å²) < 4.78 is 54.0. The summed E-state index contributed by atoms with van der Waals surface area (Å²) in [6, 6.07) is 20.1. The van der Waals surface area contributed by atoms with Gasteiger partial charge in [0.1, 0.15) is 5.75 Å². The van der Waals surface area contributed by atoms with Crippen LogP contribution in [0.2, 0.25) is 0 Å². The molecule has 4 aromatic carbocycles. The molecule has 0 bridgehead atoms. The zero-order valence-corrected chi connectivity index (χ0v) is 18.9. The van der Waals surface area contributed by atoms with E-state index in [4.69, 9.17) is 9.47 Å². The highest BCUT2D eigenvalue weighted by Gasteiger charge is 2.21. The van der Waals surface area contributed by atoms with E-state index in [-0.39, 0.29) is 17.1 Å². The van der Waals surface area contributed by atoms with Crippen LogP contribution in [0, 0.1) is 17.5 Å². The molecule has 0 spiro atoms. The maximum Gasteiger partial charge on any atom is 0.346 e. The number of halogens is 3. The number of ether oxygens (including phenoxy) is 2. The Morgan fingerprint density at radius 3 is 2.11 bits per heavy atom. The third kappa shape index (κ3) is 5.11. The number of hydrogen-bond acceptors (Lipinski definition) is 3. The highest BCUT2D eigenvalue weighted by Crippen LogP contribution is 2.29. The van der Waals surface area contributed by atoms with E-state index in [2.05, 4.69) is 6.58 Å². The molecule has 0 aliphatic carbocycles. The summed E-state index contributed by atoms with van der Waals surface area (Å²) in [5.74, 6) is -3.65. The Morgan fingerprint density at radius 2 is 1.49 bits per heavy atom. The van der Waals surface area contributed by atoms with Crippen molar-refractivity contribution in [3.05, 3.63) is 114 Å². The molecule has 0 radical (unpaired) electrons. The molecule has 0 aliphatic rings. The molecule has 0 amide bonds. The second kappa shape index (κ2) is 10.3. The van der Waals surface area contributed by atoms with Gasteiger partial charge in [-0.15, -0.1) is 0 Å². The highest BCUT2D eigenvalue weighted by molar-refractivity contribution is 5.92. The SMILES string of the molecule is C=Cc1ccc(-c2ccc(C(=O)Oc3ccc(-c4ccc(OCC)c(F)c4)cc3)c(F)c2F)cc1. The summed E-state index contributed by atoms with van der Waals surface area (Å²) in [4.78, 5) is 12.5. The molecule has 4 aromatic rings. The second-order valence-corrected chi connectivity index (χ2v) is 7.61. The predicted molar refractivity (Wildman–Crippen MR) is 130 cm³/mol. The quantitative estimate of drug-likeness (QED) is 0.203. The van der Waals surface area contributed by atoms with E-state index in [0.717, 1.165) is 5.56 Å². The lowest BCUT2D eigenvalue weighted by molar-refractivity contribution is 0.0728. The topological polar surface area (TPSA) is 35.5 Å². The molecule has 0 aliphatic heterocycles. The van der Waals surface area contributed by atoms with Crippen LogP contribution in [0.4, 0.5) is 13.2 Å². The average Bonchev–Trinajstić information content (AvgIpc) is 2.87. The number of rotatable bonds is 7. The molecule has 176 valence electrons. The van der Waals surface area contributed by atoms with Gasteiger partial charge in [0.05, 0.1) is 12.2 Å². The number of carbonyl (C=O) groups excluding carboxylic acids is 1. The van der Waals surface area contributed by atoms with E-state index in [1.54, 1.807) is 55.5 Å². The zero-order chi connectivity index (χ0) is 24.9. The van der Waals surface area contributed by atoms with Gasteiger partial charge in [0.2, 0.25) is 0 Å². The molecule has 0 unspecified atom stereocenters. The van der Waals surface area contributed by atoms with Crippen molar-refractivity contribution in [3.8, 4) is 33.8 Å². The van der Waals surface area contributed by atoms with E-state index >= 15 is 0 Å². The molecule has 0 saturated heterocycles. The van der Waals surface area contributed by atoms with Crippen molar-refractivity contribution in [2.75, 3.05) is 6.61 Å². The van der Waals surface area contributed by atoms with Crippen molar-refractivity contribution in [1.29, 1.82) is 0 Å². The maximum absolute atomic E-state index is 14.7. The van der Waals surface area contributed by atoms with Crippen molar-refractivity contribution in [1.82, 2.24) is 0 Å². The van der Waals surface area contributed by atoms with E-state index < -0.39 is 29.0 Å². The summed E-state index contributed by atoms with van der Waals surface area (Å²) in [5.41, 5.74) is 2.10. The van der Waals surface area contributed by atoms with E-state index in [0.29, 0.717) is 23.3 Å². The van der Waals surface area contributed by atoms with Crippen molar-refractivity contribution in [3.63, 3.8) is 0 Å². The molecule has 0 atom stereocenters. The molecule has 3 nitrogen and oxygen atoms in total. The lowest BCUT2D eigenvalue weighted by Crippen LogP contribution is -2.12. The number of esters is 1. The normalized spacial score (nSPS) is 10.6. The molecule has 4 rings (SSSR count). The van der Waals surface area contributed by atoms with Gasteiger partial charge in [0.15, 0.2) is 23.2 Å². The van der Waals surface area contributed by atoms with Gasteiger partial charge in [-0.1, -0.05) is 61.2 Å². The zero-order valence-electron chi connectivity index (χ0n) is 18.9. The Hall–Kier alpha value is -4.32. The number of carbonyl (C=O) groups is 1. The molecular weight excluding hydrogens is 453 g/mol. The highest BCUT2D eigenvalue weighted by atomic mass is 19.2. The summed E-state index contributed by atoms with van der Waals surface area (Å²) in [7, 11) is 0. The molecule has 0 N–H and O–H groups in total. The van der Waals surface area contributed by atoms with Crippen molar-refractivity contribution in [2.24, 2.45) is 0 Å². The largest absolute Gasteiger partial charge is 0.491 e. The number of hydrogen-bond donors (Lipinski definition) is 0. The van der Waals surface area contributed by atoms with Gasteiger partial charge in [-0.2, -0.15) is 0 Å². The van der Waals surface area contributed by atoms with Gasteiger partial charge in [-0.25, -0.2) is 18.0 Å². The van der Waals surface area contributed by atoms with E-state index in [9.17, 15) is 18.0 Å². The van der Waals surface area contributed by atoms with Crippen molar-refractivity contribution < 1.29 is 27.4 Å². The number of benzene rings is 4. The van der Waals surface area contributed by atoms with E-state index in [1.165, 1.54) is 36.4 Å². The van der Waals surface area contributed by atoms with Crippen LogP contribution in [-0.4, -0.2) is 12.6 Å². The Bertz CT molecular complexity index is 1380. The van der Waals surface area contributed by atoms with Gasteiger partial charge in [0.25, 0.3) is 0 Å². The Balaban J connectivity index is 1.51. The third-order valence-corrected chi connectivity index (χ3v) is 5.39. The standard InChI is InChI=1S/C29H21F3O3/c1-3-18-5-7-20(8-6-18)23-14-15-24(28(32)27(23)31)29(33)35-22-12-9-19(10-13-22)21-11-16-26(34-4-2)25(30)17-21/h3,5-17H,1,4H2,2H3. The monoisotopic (exact) mass is 474 g/mol. The minimum atomic E-state index is -1.29. The second-order valence-electron chi connectivity index (χ2n) is 7.61. The first-order valence-electron chi connectivity index (χ1n) is 10.9. The van der Waals surface area contributed by atoms with Gasteiger partial charge < -0.3 is 9.47 Å². The first-order valence-corrected chi connectivity index (χ1v) is 10.9. The first-order chi connectivity index (χ1) is 16.9. The first kappa shape index (κ1) is 23.8. The summed E-state index contributed by atoms with van der Waals surface area (Å²) in [6.45, 7) is 5.78. The fraction of sp³-hybridized carbons (Fsp3) is 0.0690. The molecule has 35 heavy (non-hydrogen) atoms. The van der Waals surface area contributed by atoms with Crippen LogP contribution in [0.5, 0.6) is 11.5 Å². The smallest absolute Gasteiger partial charge is 0.346 e. The minimum Gasteiger partial charge on any atom is -0.491 e. The molecule has 0 aromatic heterocycles. The summed E-state index contributed by atoms with van der Waals surface area (Å²) in [5, 5.41) is 0. The summed E-state index contributed by atoms with van der Waals surface area (Å²) >= 11 is 0. The Kier molecular flexibility index (Phi) is 7.01. The molecule has 0 fully saturated rings. The van der Waals surface area contributed by atoms with Gasteiger partial charge in [-0.05, 0) is 59.5 Å². The Morgan fingerprint density at radius 1 is 0.829 bits per heavy atom. The average molecular weight is 474 g/mol. The van der Waals surface area contributed by atoms with Crippen LogP contribution in [0.25, 0.3) is 28.3 Å². The van der Waals surface area contributed by atoms with Crippen LogP contribution in [-0.2, 0) is 0 Å². The van der Waals surface area contributed by atoms with Crippen LogP contribution in [0.3, 0.4) is 0 Å². The van der Waals surface area contributed by atoms with Crippen LogP contribution >= 0.6 is 0 Å². The van der Waals surface area contributed by atoms with Gasteiger partial charge in [-0.3, -0.25) is 0 Å². The predicted octanol–water partition coefficient (Wildman–Crippen LogP) is 7.70. The van der Waals surface area contributed by atoms with Gasteiger partial charge in [0, 0.05) is 5.56 Å². The lowest BCUT2D eigenvalue weighted by atomic mass is 10.0. The van der Waals surface area contributed by atoms with Crippen LogP contribution < -0.4 is 9.47 Å². The van der Waals surface area contributed by atoms with Gasteiger partial charge >= 0.3 is 5.97 Å². The van der Waals surface area contributed by atoms with E-state index in [1.807, 2.05) is 0 Å². The minimum absolute atomic E-state index is 0.0293. The fourth-order valence-electron chi connectivity index (χ4n) is 3.56. The lowest BCUT2D eigenvalue weighted by Gasteiger charge is -2.10. The van der Waals surface area contributed by atoms with Crippen LogP contribution in [0.15, 0.2) is 85.4 Å². The molecule has 6 heteroatoms. The fourth-order valence-corrected chi connectivity index (χ4v) is 3.56. The third-order valence-electron chi connectivity index (χ3n) is 5.39. The maximum atomic E-state index is 14.7. The van der Waals surface area contributed by atoms with Crippen LogP contribution in [0.1, 0.15) is 22.8 Å².